The molecule has 1 aliphatic heterocycles. The summed E-state index contributed by atoms with van der Waals surface area (Å²) in [6.07, 6.45) is 8.86. The first kappa shape index (κ1) is 17.8. The number of carbonyl (C=O) groups is 1. The van der Waals surface area contributed by atoms with Gasteiger partial charge < -0.3 is 14.4 Å². The van der Waals surface area contributed by atoms with Crippen LogP contribution in [0, 0.1) is 0 Å². The molecule has 0 spiro atoms. The molecule has 128 valence electrons. The van der Waals surface area contributed by atoms with Gasteiger partial charge >= 0.3 is 5.97 Å². The third-order valence-electron chi connectivity index (χ3n) is 4.37. The molecule has 1 aliphatic rings. The molecule has 0 saturated carbocycles. The van der Waals surface area contributed by atoms with E-state index >= 15 is 0 Å². The maximum absolute atomic E-state index is 11.7. The average molecular weight is 319 g/mol. The highest BCUT2D eigenvalue weighted by molar-refractivity contribution is 5.92. The molecule has 0 aliphatic carbocycles. The molecule has 0 radical (unpaired) electrons. The second-order valence-electron chi connectivity index (χ2n) is 6.15. The zero-order valence-corrected chi connectivity index (χ0v) is 14.3. The number of nitrogens with zero attached hydrogens (tertiary/aromatic N) is 1. The van der Waals surface area contributed by atoms with Gasteiger partial charge in [-0.3, -0.25) is 0 Å². The summed E-state index contributed by atoms with van der Waals surface area (Å²) >= 11 is 0. The maximum Gasteiger partial charge on any atom is 0.341 e. The van der Waals surface area contributed by atoms with Crippen LogP contribution in [0.15, 0.2) is 24.3 Å². The Kier molecular flexibility index (Phi) is 7.95. The van der Waals surface area contributed by atoms with Crippen molar-refractivity contribution >= 4 is 5.97 Å². The highest BCUT2D eigenvalue weighted by Gasteiger charge is 2.12. The molecule has 23 heavy (non-hydrogen) atoms. The zero-order chi connectivity index (χ0) is 16.3. The first-order chi connectivity index (χ1) is 11.3. The third kappa shape index (κ3) is 6.22. The van der Waals surface area contributed by atoms with Crippen LogP contribution < -0.4 is 4.74 Å². The Morgan fingerprint density at radius 3 is 2.57 bits per heavy atom. The first-order valence-corrected chi connectivity index (χ1v) is 8.84. The summed E-state index contributed by atoms with van der Waals surface area (Å²) in [4.78, 5) is 14.2. The largest absolute Gasteiger partial charge is 0.493 e. The highest BCUT2D eigenvalue weighted by Crippen LogP contribution is 2.19. The predicted octanol–water partition coefficient (Wildman–Crippen LogP) is 3.90. The second kappa shape index (κ2) is 10.3. The number of hydrogen-bond acceptors (Lipinski definition) is 4. The van der Waals surface area contributed by atoms with Gasteiger partial charge in [-0.2, -0.15) is 0 Å². The van der Waals surface area contributed by atoms with E-state index in [2.05, 4.69) is 4.90 Å². The van der Waals surface area contributed by atoms with Crippen molar-refractivity contribution in [1.29, 1.82) is 0 Å². The smallest absolute Gasteiger partial charge is 0.341 e. The Balaban J connectivity index is 1.58. The number of para-hydroxylation sites is 1. The van der Waals surface area contributed by atoms with E-state index in [-0.39, 0.29) is 5.97 Å². The summed E-state index contributed by atoms with van der Waals surface area (Å²) in [5.41, 5.74) is 0.500. The molecule has 2 rings (SSSR count). The lowest BCUT2D eigenvalue weighted by molar-refractivity contribution is 0.0596. The van der Waals surface area contributed by atoms with E-state index in [1.807, 2.05) is 18.2 Å². The van der Waals surface area contributed by atoms with Gasteiger partial charge in [0.2, 0.25) is 0 Å². The molecule has 1 heterocycles. The van der Waals surface area contributed by atoms with Gasteiger partial charge in [-0.1, -0.05) is 31.4 Å². The summed E-state index contributed by atoms with van der Waals surface area (Å²) in [5.74, 6) is 0.273. The van der Waals surface area contributed by atoms with Crippen molar-refractivity contribution in [1.82, 2.24) is 4.90 Å². The summed E-state index contributed by atoms with van der Waals surface area (Å²) in [5, 5.41) is 0. The first-order valence-electron chi connectivity index (χ1n) is 8.84. The minimum atomic E-state index is -0.345. The minimum absolute atomic E-state index is 0.345. The number of rotatable bonds is 9. The van der Waals surface area contributed by atoms with Crippen LogP contribution in [0.4, 0.5) is 0 Å². The monoisotopic (exact) mass is 319 g/mol. The third-order valence-corrected chi connectivity index (χ3v) is 4.37. The fraction of sp³-hybridized carbons (Fsp3) is 0.632. The SMILES string of the molecule is COC(=O)c1ccccc1OCCCCCCN1CCCCC1. The molecule has 0 N–H and O–H groups in total. The van der Waals surface area contributed by atoms with Crippen molar-refractivity contribution in [3.8, 4) is 5.75 Å². The lowest BCUT2D eigenvalue weighted by Crippen LogP contribution is -2.30. The van der Waals surface area contributed by atoms with E-state index in [1.54, 1.807) is 6.07 Å². The fourth-order valence-electron chi connectivity index (χ4n) is 3.03. The molecule has 1 aromatic rings. The number of piperidine rings is 1. The average Bonchev–Trinajstić information content (AvgIpc) is 2.61. The molecule has 0 bridgehead atoms. The Morgan fingerprint density at radius 2 is 1.78 bits per heavy atom. The molecule has 0 unspecified atom stereocenters. The molecule has 0 aromatic heterocycles. The Hall–Kier alpha value is -1.55. The maximum atomic E-state index is 11.7. The standard InChI is InChI=1S/C19H29NO3/c1-22-19(21)17-11-5-6-12-18(17)23-16-10-3-2-7-13-20-14-8-4-9-15-20/h5-6,11-12H,2-4,7-10,13-16H2,1H3. The highest BCUT2D eigenvalue weighted by atomic mass is 16.5. The van der Waals surface area contributed by atoms with Crippen molar-refractivity contribution in [2.45, 2.75) is 44.9 Å². The summed E-state index contributed by atoms with van der Waals surface area (Å²) in [7, 11) is 1.39. The number of likely N-dealkylation sites (tertiary alicyclic amines) is 1. The Labute approximate surface area is 139 Å². The van der Waals surface area contributed by atoms with Crippen LogP contribution in [0.2, 0.25) is 0 Å². The molecular weight excluding hydrogens is 290 g/mol. The van der Waals surface area contributed by atoms with Crippen LogP contribution in [0.5, 0.6) is 5.75 Å². The van der Waals surface area contributed by atoms with E-state index < -0.39 is 0 Å². The van der Waals surface area contributed by atoms with Crippen LogP contribution in [0.25, 0.3) is 0 Å². The van der Waals surface area contributed by atoms with Crippen molar-refractivity contribution in [2.75, 3.05) is 33.4 Å². The van der Waals surface area contributed by atoms with Gasteiger partial charge in [-0.25, -0.2) is 4.79 Å². The quantitative estimate of drug-likeness (QED) is 0.511. The summed E-state index contributed by atoms with van der Waals surface area (Å²) in [6, 6.07) is 7.25. The molecule has 4 heteroatoms. The van der Waals surface area contributed by atoms with Crippen LogP contribution in [-0.4, -0.2) is 44.2 Å². The molecule has 0 atom stereocenters. The molecule has 0 amide bonds. The zero-order valence-electron chi connectivity index (χ0n) is 14.3. The lowest BCUT2D eigenvalue weighted by Gasteiger charge is -2.26. The van der Waals surface area contributed by atoms with Gasteiger partial charge in [0.05, 0.1) is 13.7 Å². The number of ether oxygens (including phenoxy) is 2. The summed E-state index contributed by atoms with van der Waals surface area (Å²) in [6.45, 7) is 4.46. The number of benzene rings is 1. The predicted molar refractivity (Wildman–Crippen MR) is 92.0 cm³/mol. The van der Waals surface area contributed by atoms with Crippen LogP contribution in [-0.2, 0) is 4.74 Å². The topological polar surface area (TPSA) is 38.8 Å². The molecule has 1 aromatic carbocycles. The van der Waals surface area contributed by atoms with Gasteiger partial charge in [0.25, 0.3) is 0 Å². The summed E-state index contributed by atoms with van der Waals surface area (Å²) < 4.78 is 10.5. The van der Waals surface area contributed by atoms with Crippen LogP contribution >= 0.6 is 0 Å². The van der Waals surface area contributed by atoms with E-state index in [9.17, 15) is 4.79 Å². The Morgan fingerprint density at radius 1 is 1.04 bits per heavy atom. The molecule has 4 nitrogen and oxygen atoms in total. The number of esters is 1. The lowest BCUT2D eigenvalue weighted by atomic mass is 10.1. The van der Waals surface area contributed by atoms with E-state index in [1.165, 1.54) is 65.3 Å². The van der Waals surface area contributed by atoms with Crippen molar-refractivity contribution in [3.05, 3.63) is 29.8 Å². The van der Waals surface area contributed by atoms with E-state index in [0.29, 0.717) is 17.9 Å². The van der Waals surface area contributed by atoms with Gasteiger partial charge in [0.15, 0.2) is 0 Å². The molecule has 1 fully saturated rings. The van der Waals surface area contributed by atoms with E-state index in [4.69, 9.17) is 9.47 Å². The van der Waals surface area contributed by atoms with E-state index in [0.717, 1.165) is 6.42 Å². The van der Waals surface area contributed by atoms with Crippen molar-refractivity contribution in [3.63, 3.8) is 0 Å². The van der Waals surface area contributed by atoms with Crippen molar-refractivity contribution < 1.29 is 14.3 Å². The number of hydrogen-bond donors (Lipinski definition) is 0. The van der Waals surface area contributed by atoms with Crippen molar-refractivity contribution in [2.24, 2.45) is 0 Å². The minimum Gasteiger partial charge on any atom is -0.493 e. The van der Waals surface area contributed by atoms with Crippen LogP contribution in [0.3, 0.4) is 0 Å². The van der Waals surface area contributed by atoms with Gasteiger partial charge in [0, 0.05) is 0 Å². The Bertz CT molecular complexity index is 469. The van der Waals surface area contributed by atoms with Gasteiger partial charge in [0.1, 0.15) is 11.3 Å². The molecular formula is C19H29NO3. The normalized spacial score (nSPS) is 15.3. The number of carbonyl (C=O) groups excluding carboxylic acids is 1. The second-order valence-corrected chi connectivity index (χ2v) is 6.15. The van der Waals surface area contributed by atoms with Gasteiger partial charge in [-0.05, 0) is 57.5 Å². The fourth-order valence-corrected chi connectivity index (χ4v) is 3.03. The molecule has 1 saturated heterocycles. The van der Waals surface area contributed by atoms with Crippen LogP contribution in [0.1, 0.15) is 55.3 Å². The number of unbranched alkanes of at least 4 members (excludes halogenated alkanes) is 3. The van der Waals surface area contributed by atoms with Gasteiger partial charge in [-0.15, -0.1) is 0 Å². The number of methoxy groups -OCH3 is 1.